The summed E-state index contributed by atoms with van der Waals surface area (Å²) in [6.45, 7) is 10.7. The van der Waals surface area contributed by atoms with Crippen molar-refractivity contribution < 1.29 is 4.79 Å². The maximum absolute atomic E-state index is 12.7. The molecule has 5 heteroatoms. The molecule has 2 aliphatic heterocycles. The minimum atomic E-state index is 0.0617. The first-order valence-electron chi connectivity index (χ1n) is 9.61. The van der Waals surface area contributed by atoms with Crippen LogP contribution in [0.4, 0.5) is 5.69 Å². The first-order valence-corrected chi connectivity index (χ1v) is 9.61. The van der Waals surface area contributed by atoms with Crippen molar-refractivity contribution in [3.05, 3.63) is 29.8 Å². The fraction of sp³-hybridized carbons (Fsp3) is 0.650. The molecule has 0 saturated carbocycles. The molecule has 1 aromatic rings. The number of piperazine rings is 1. The lowest BCUT2D eigenvalue weighted by Crippen LogP contribution is -2.49. The van der Waals surface area contributed by atoms with Gasteiger partial charge in [0.2, 0.25) is 0 Å². The van der Waals surface area contributed by atoms with Crippen molar-refractivity contribution >= 4 is 11.6 Å². The van der Waals surface area contributed by atoms with E-state index in [4.69, 9.17) is 0 Å². The fourth-order valence-corrected chi connectivity index (χ4v) is 3.77. The van der Waals surface area contributed by atoms with Crippen LogP contribution in [0, 0.1) is 0 Å². The molecule has 2 aliphatic rings. The quantitative estimate of drug-likeness (QED) is 0.907. The average Bonchev–Trinajstić information content (AvgIpc) is 2.62. The molecule has 0 aliphatic carbocycles. The molecule has 1 atom stereocenters. The topological polar surface area (TPSA) is 38.8 Å². The maximum atomic E-state index is 12.7. The molecule has 0 unspecified atom stereocenters. The maximum Gasteiger partial charge on any atom is 0.251 e. The largest absolute Gasteiger partial charge is 0.369 e. The minimum Gasteiger partial charge on any atom is -0.369 e. The highest BCUT2D eigenvalue weighted by Gasteiger charge is 2.23. The minimum absolute atomic E-state index is 0.0617. The van der Waals surface area contributed by atoms with Crippen molar-refractivity contribution in [1.82, 2.24) is 15.1 Å². The van der Waals surface area contributed by atoms with Crippen LogP contribution in [-0.2, 0) is 0 Å². The smallest absolute Gasteiger partial charge is 0.251 e. The number of anilines is 1. The number of nitrogens with one attached hydrogen (secondary N) is 1. The number of rotatable bonds is 4. The van der Waals surface area contributed by atoms with Gasteiger partial charge in [0.1, 0.15) is 0 Å². The highest BCUT2D eigenvalue weighted by Crippen LogP contribution is 2.19. The summed E-state index contributed by atoms with van der Waals surface area (Å²) < 4.78 is 0. The molecule has 0 aromatic heterocycles. The van der Waals surface area contributed by atoms with E-state index >= 15 is 0 Å². The first kappa shape index (κ1) is 18.2. The molecule has 3 rings (SSSR count). The Bertz CT molecular complexity index is 581. The van der Waals surface area contributed by atoms with E-state index in [-0.39, 0.29) is 11.9 Å². The van der Waals surface area contributed by atoms with Gasteiger partial charge in [-0.05, 0) is 58.5 Å². The van der Waals surface area contributed by atoms with E-state index in [0.29, 0.717) is 6.04 Å². The predicted octanol–water partition coefficient (Wildman–Crippen LogP) is 2.04. The first-order chi connectivity index (χ1) is 12.0. The summed E-state index contributed by atoms with van der Waals surface area (Å²) in [5.41, 5.74) is 1.94. The van der Waals surface area contributed by atoms with Gasteiger partial charge in [-0.2, -0.15) is 0 Å². The Morgan fingerprint density at radius 2 is 1.92 bits per heavy atom. The molecule has 1 N–H and O–H groups in total. The van der Waals surface area contributed by atoms with Crippen molar-refractivity contribution in [2.24, 2.45) is 0 Å². The monoisotopic (exact) mass is 344 g/mol. The number of carbonyl (C=O) groups excluding carboxylic acids is 1. The van der Waals surface area contributed by atoms with Gasteiger partial charge in [0.15, 0.2) is 0 Å². The van der Waals surface area contributed by atoms with Gasteiger partial charge in [0.05, 0.1) is 0 Å². The molecule has 0 bridgehead atoms. The highest BCUT2D eigenvalue weighted by atomic mass is 16.1. The Morgan fingerprint density at radius 3 is 2.64 bits per heavy atom. The summed E-state index contributed by atoms with van der Waals surface area (Å²) in [5, 5.41) is 3.25. The zero-order valence-electron chi connectivity index (χ0n) is 15.9. The number of benzene rings is 1. The van der Waals surface area contributed by atoms with Crippen LogP contribution in [0.5, 0.6) is 0 Å². The van der Waals surface area contributed by atoms with Crippen LogP contribution >= 0.6 is 0 Å². The highest BCUT2D eigenvalue weighted by molar-refractivity contribution is 5.95. The summed E-state index contributed by atoms with van der Waals surface area (Å²) in [7, 11) is 2.16. The van der Waals surface area contributed by atoms with Crippen LogP contribution in [-0.4, -0.2) is 74.1 Å². The second-order valence-electron chi connectivity index (χ2n) is 7.74. The molecule has 5 nitrogen and oxygen atoms in total. The lowest BCUT2D eigenvalue weighted by molar-refractivity contribution is 0.0886. The number of carbonyl (C=O) groups is 1. The Labute approximate surface area is 152 Å². The molecule has 2 saturated heterocycles. The van der Waals surface area contributed by atoms with Gasteiger partial charge in [0, 0.05) is 56.1 Å². The molecule has 0 radical (unpaired) electrons. The molecule has 2 fully saturated rings. The molecule has 0 spiro atoms. The average molecular weight is 345 g/mol. The third-order valence-electron chi connectivity index (χ3n) is 5.50. The van der Waals surface area contributed by atoms with Crippen LogP contribution in [0.2, 0.25) is 0 Å². The zero-order valence-corrected chi connectivity index (χ0v) is 15.9. The molecule has 25 heavy (non-hydrogen) atoms. The molecule has 1 amide bonds. The summed E-state index contributed by atoms with van der Waals surface area (Å²) in [6.07, 6.45) is 2.23. The summed E-state index contributed by atoms with van der Waals surface area (Å²) in [5.74, 6) is 0.0617. The predicted molar refractivity (Wildman–Crippen MR) is 103 cm³/mol. The third-order valence-corrected chi connectivity index (χ3v) is 5.50. The summed E-state index contributed by atoms with van der Waals surface area (Å²) in [4.78, 5) is 19.9. The van der Waals surface area contributed by atoms with E-state index in [1.165, 1.54) is 0 Å². The lowest BCUT2D eigenvalue weighted by atomic mass is 10.0. The van der Waals surface area contributed by atoms with Crippen molar-refractivity contribution in [2.45, 2.75) is 38.8 Å². The number of hydrogen-bond donors (Lipinski definition) is 1. The number of nitrogens with zero attached hydrogens (tertiary/aromatic N) is 3. The van der Waals surface area contributed by atoms with E-state index in [9.17, 15) is 4.79 Å². The molecule has 138 valence electrons. The van der Waals surface area contributed by atoms with Crippen molar-refractivity contribution in [1.29, 1.82) is 0 Å². The second kappa shape index (κ2) is 8.19. The second-order valence-corrected chi connectivity index (χ2v) is 7.74. The Morgan fingerprint density at radius 1 is 1.16 bits per heavy atom. The summed E-state index contributed by atoms with van der Waals surface area (Å²) in [6, 6.07) is 8.89. The number of amides is 1. The number of piperidine rings is 1. The fourth-order valence-electron chi connectivity index (χ4n) is 3.77. The van der Waals surface area contributed by atoms with Gasteiger partial charge in [-0.3, -0.25) is 9.69 Å². The van der Waals surface area contributed by atoms with E-state index in [1.807, 2.05) is 18.2 Å². The Balaban J connectivity index is 1.61. The van der Waals surface area contributed by atoms with Crippen molar-refractivity contribution in [3.8, 4) is 0 Å². The van der Waals surface area contributed by atoms with Gasteiger partial charge in [0.25, 0.3) is 5.91 Å². The van der Waals surface area contributed by atoms with Crippen LogP contribution in [0.15, 0.2) is 24.3 Å². The number of likely N-dealkylation sites (N-methyl/N-ethyl adjacent to an activating group) is 1. The van der Waals surface area contributed by atoms with Crippen molar-refractivity contribution in [2.75, 3.05) is 51.2 Å². The zero-order chi connectivity index (χ0) is 17.8. The Kier molecular flexibility index (Phi) is 5.97. The standard InChI is InChI=1S/C20H32N4O/c1-16(2)24-9-5-7-18(15-24)21-20(25)17-6-4-8-19(14-17)23-12-10-22(3)11-13-23/h4,6,8,14,16,18H,5,7,9-13,15H2,1-3H3,(H,21,25)/t18-/m1/s1. The normalized spacial score (nSPS) is 23.0. The molecular formula is C20H32N4O. The lowest BCUT2D eigenvalue weighted by Gasteiger charge is -2.36. The van der Waals surface area contributed by atoms with Gasteiger partial charge in [-0.25, -0.2) is 0 Å². The van der Waals surface area contributed by atoms with E-state index in [2.05, 4.69) is 47.0 Å². The van der Waals surface area contributed by atoms with Crippen LogP contribution in [0.25, 0.3) is 0 Å². The molecule has 2 heterocycles. The van der Waals surface area contributed by atoms with Gasteiger partial charge in [-0.1, -0.05) is 6.07 Å². The van der Waals surface area contributed by atoms with Gasteiger partial charge >= 0.3 is 0 Å². The van der Waals surface area contributed by atoms with E-state index in [0.717, 1.165) is 63.4 Å². The van der Waals surface area contributed by atoms with Crippen molar-refractivity contribution in [3.63, 3.8) is 0 Å². The van der Waals surface area contributed by atoms with Gasteiger partial charge < -0.3 is 15.1 Å². The van der Waals surface area contributed by atoms with Crippen LogP contribution in [0.3, 0.4) is 0 Å². The Hall–Kier alpha value is -1.59. The number of hydrogen-bond acceptors (Lipinski definition) is 4. The molecular weight excluding hydrogens is 312 g/mol. The van der Waals surface area contributed by atoms with Crippen LogP contribution in [0.1, 0.15) is 37.0 Å². The number of likely N-dealkylation sites (tertiary alicyclic amines) is 1. The summed E-state index contributed by atoms with van der Waals surface area (Å²) >= 11 is 0. The van der Waals surface area contributed by atoms with Gasteiger partial charge in [-0.15, -0.1) is 0 Å². The SMILES string of the molecule is CC(C)N1CCC[C@@H](NC(=O)c2cccc(N3CCN(C)CC3)c2)C1. The molecule has 1 aromatic carbocycles. The van der Waals surface area contributed by atoms with E-state index < -0.39 is 0 Å². The van der Waals surface area contributed by atoms with Crippen LogP contribution < -0.4 is 10.2 Å². The van der Waals surface area contributed by atoms with E-state index in [1.54, 1.807) is 0 Å². The third kappa shape index (κ3) is 4.73.